The van der Waals surface area contributed by atoms with Crippen molar-refractivity contribution in [3.8, 4) is 0 Å². The maximum absolute atomic E-state index is 11.9. The zero-order valence-corrected chi connectivity index (χ0v) is 16.7. The molecule has 3 nitrogen and oxygen atoms in total. The smallest absolute Gasteiger partial charge is 0.302 e. The summed E-state index contributed by atoms with van der Waals surface area (Å²) in [5.74, 6) is 0.990. The van der Waals surface area contributed by atoms with Gasteiger partial charge in [-0.2, -0.15) is 0 Å². The highest BCUT2D eigenvalue weighted by atomic mass is 16.5. The first-order chi connectivity index (χ1) is 11.6. The minimum atomic E-state index is -0.277. The Morgan fingerprint density at radius 1 is 1.16 bits per heavy atom. The zero-order chi connectivity index (χ0) is 18.6. The van der Waals surface area contributed by atoms with E-state index < -0.39 is 0 Å². The van der Waals surface area contributed by atoms with Crippen LogP contribution in [0.25, 0.3) is 0 Å². The molecule has 0 radical (unpaired) electrons. The van der Waals surface area contributed by atoms with Crippen LogP contribution in [0.3, 0.4) is 0 Å². The van der Waals surface area contributed by atoms with Crippen LogP contribution in [0.2, 0.25) is 0 Å². The van der Waals surface area contributed by atoms with Crippen LogP contribution in [-0.2, 0) is 9.53 Å². The molecule has 0 aromatic rings. The lowest BCUT2D eigenvalue weighted by Crippen LogP contribution is -2.60. The second kappa shape index (κ2) is 6.11. The van der Waals surface area contributed by atoms with E-state index in [1.54, 1.807) is 0 Å². The lowest BCUT2D eigenvalue weighted by Gasteiger charge is -2.62. The molecule has 2 bridgehead atoms. The average Bonchev–Trinajstić information content (AvgIpc) is 2.88. The summed E-state index contributed by atoms with van der Waals surface area (Å²) in [6, 6.07) is 0. The van der Waals surface area contributed by atoms with Crippen LogP contribution in [0, 0.1) is 34.0 Å². The number of hydrogen-bond donors (Lipinski definition) is 1. The van der Waals surface area contributed by atoms with Crippen molar-refractivity contribution >= 4 is 5.97 Å². The number of rotatable bonds is 2. The van der Waals surface area contributed by atoms with Gasteiger partial charge >= 0.3 is 5.97 Å². The molecule has 3 fully saturated rings. The van der Waals surface area contributed by atoms with Crippen molar-refractivity contribution in [2.45, 2.75) is 85.4 Å². The molecule has 0 saturated heterocycles. The Hall–Kier alpha value is -0.830. The first kappa shape index (κ1) is 18.9. The van der Waals surface area contributed by atoms with Crippen LogP contribution < -0.4 is 0 Å². The summed E-state index contributed by atoms with van der Waals surface area (Å²) in [6.07, 6.45) is 7.83. The van der Waals surface area contributed by atoms with Gasteiger partial charge in [-0.05, 0) is 67.1 Å². The normalized spacial score (nSPS) is 52.6. The highest BCUT2D eigenvalue weighted by molar-refractivity contribution is 5.66. The lowest BCUT2D eigenvalue weighted by molar-refractivity contribution is -0.201. The van der Waals surface area contributed by atoms with Gasteiger partial charge in [0, 0.05) is 12.3 Å². The molecular formula is C22H36O3. The van der Waals surface area contributed by atoms with E-state index in [1.165, 1.54) is 13.3 Å². The van der Waals surface area contributed by atoms with Gasteiger partial charge in [-0.15, -0.1) is 6.58 Å². The lowest BCUT2D eigenvalue weighted by atomic mass is 9.44. The highest BCUT2D eigenvalue weighted by Crippen LogP contribution is 2.68. The molecule has 0 heterocycles. The summed E-state index contributed by atoms with van der Waals surface area (Å²) in [7, 11) is 0. The van der Waals surface area contributed by atoms with Crippen LogP contribution in [0.4, 0.5) is 0 Å². The maximum atomic E-state index is 11.9. The Kier molecular flexibility index (Phi) is 4.63. The molecule has 3 saturated carbocycles. The second-order valence-electron chi connectivity index (χ2n) is 9.89. The maximum Gasteiger partial charge on any atom is 0.302 e. The van der Waals surface area contributed by atoms with Crippen molar-refractivity contribution in [1.29, 1.82) is 0 Å². The van der Waals surface area contributed by atoms with Crippen molar-refractivity contribution in [2.24, 2.45) is 34.0 Å². The van der Waals surface area contributed by atoms with Gasteiger partial charge in [-0.3, -0.25) is 4.79 Å². The quantitative estimate of drug-likeness (QED) is 0.579. The fourth-order valence-electron chi connectivity index (χ4n) is 7.02. The van der Waals surface area contributed by atoms with Gasteiger partial charge in [0.25, 0.3) is 0 Å². The van der Waals surface area contributed by atoms with E-state index in [4.69, 9.17) is 4.74 Å². The Morgan fingerprint density at radius 2 is 1.80 bits per heavy atom. The van der Waals surface area contributed by atoms with Gasteiger partial charge in [-0.25, -0.2) is 0 Å². The third kappa shape index (κ3) is 2.69. The number of esters is 1. The number of aliphatic hydroxyl groups is 1. The van der Waals surface area contributed by atoms with Crippen molar-refractivity contribution in [2.75, 3.05) is 0 Å². The van der Waals surface area contributed by atoms with Crippen molar-refractivity contribution in [1.82, 2.24) is 0 Å². The summed E-state index contributed by atoms with van der Waals surface area (Å²) < 4.78 is 5.97. The number of hydrogen-bond acceptors (Lipinski definition) is 3. The van der Waals surface area contributed by atoms with E-state index in [2.05, 4.69) is 40.3 Å². The fourth-order valence-corrected chi connectivity index (χ4v) is 7.02. The Labute approximate surface area is 153 Å². The number of carbonyl (C=O) groups excluding carboxylic acids is 1. The van der Waals surface area contributed by atoms with Gasteiger partial charge < -0.3 is 9.84 Å². The van der Waals surface area contributed by atoms with Gasteiger partial charge in [0.1, 0.15) is 6.10 Å². The van der Waals surface area contributed by atoms with Crippen LogP contribution in [0.1, 0.15) is 73.1 Å². The molecule has 0 spiro atoms. The Morgan fingerprint density at radius 3 is 2.40 bits per heavy atom. The van der Waals surface area contributed by atoms with E-state index in [0.717, 1.165) is 32.1 Å². The van der Waals surface area contributed by atoms with Crippen LogP contribution in [0.15, 0.2) is 12.7 Å². The molecule has 3 aliphatic rings. The average molecular weight is 349 g/mol. The van der Waals surface area contributed by atoms with Crippen LogP contribution in [0.5, 0.6) is 0 Å². The molecule has 3 rings (SSSR count). The molecule has 1 unspecified atom stereocenters. The van der Waals surface area contributed by atoms with Crippen LogP contribution >= 0.6 is 0 Å². The molecule has 0 aromatic carbocycles. The third-order valence-electron chi connectivity index (χ3n) is 8.58. The van der Waals surface area contributed by atoms with Gasteiger partial charge in [0.2, 0.25) is 0 Å². The minimum Gasteiger partial charge on any atom is -0.462 e. The number of aliphatic hydroxyl groups excluding tert-OH is 1. The van der Waals surface area contributed by atoms with E-state index in [9.17, 15) is 9.90 Å². The summed E-state index contributed by atoms with van der Waals surface area (Å²) in [4.78, 5) is 11.9. The van der Waals surface area contributed by atoms with Gasteiger partial charge in [-0.1, -0.05) is 33.8 Å². The SMILES string of the molecule is C=C[C@@]1(C)C[C@H](C)[C@]23CC[C@@H](O)C2[C@@](C)([C@H](C)CC3)[C@H](OC(C)=O)C1. The first-order valence-corrected chi connectivity index (χ1v) is 10.1. The summed E-state index contributed by atoms with van der Waals surface area (Å²) in [5.41, 5.74) is -0.0497. The Bertz CT molecular complexity index is 557. The summed E-state index contributed by atoms with van der Waals surface area (Å²) in [6.45, 7) is 14.9. The van der Waals surface area contributed by atoms with Gasteiger partial charge in [0.15, 0.2) is 0 Å². The Balaban J connectivity index is 2.16. The molecule has 3 aliphatic carbocycles. The van der Waals surface area contributed by atoms with E-state index in [-0.39, 0.29) is 40.3 Å². The van der Waals surface area contributed by atoms with E-state index in [0.29, 0.717) is 11.8 Å². The van der Waals surface area contributed by atoms with E-state index in [1.807, 2.05) is 0 Å². The zero-order valence-electron chi connectivity index (χ0n) is 16.7. The summed E-state index contributed by atoms with van der Waals surface area (Å²) >= 11 is 0. The van der Waals surface area contributed by atoms with Crippen molar-refractivity contribution in [3.63, 3.8) is 0 Å². The highest BCUT2D eigenvalue weighted by Gasteiger charge is 2.66. The molecule has 1 N–H and O–H groups in total. The predicted octanol–water partition coefficient (Wildman–Crippen LogP) is 4.73. The fraction of sp³-hybridized carbons (Fsp3) is 0.864. The number of ether oxygens (including phenoxy) is 1. The molecule has 0 aliphatic heterocycles. The first-order valence-electron chi connectivity index (χ1n) is 10.1. The predicted molar refractivity (Wildman–Crippen MR) is 99.9 cm³/mol. The van der Waals surface area contributed by atoms with Crippen molar-refractivity contribution < 1.29 is 14.6 Å². The van der Waals surface area contributed by atoms with E-state index >= 15 is 0 Å². The molecule has 0 aromatic heterocycles. The second-order valence-corrected chi connectivity index (χ2v) is 9.89. The standard InChI is InChI=1S/C22H36O3/c1-7-20(5)12-15(3)22-10-8-14(2)21(6,18(13-20)25-16(4)23)19(22)17(24)9-11-22/h7,14-15,17-19,24H,1,8-13H2,2-6H3/t14-,15+,17-,18-,19?,20+,21+,22+/m1/s1. The molecule has 3 heteroatoms. The molecule has 0 amide bonds. The number of allylic oxidation sites excluding steroid dienone is 1. The molecule has 25 heavy (non-hydrogen) atoms. The minimum absolute atomic E-state index is 0.0383. The largest absolute Gasteiger partial charge is 0.462 e. The number of carbonyl (C=O) groups is 1. The van der Waals surface area contributed by atoms with Gasteiger partial charge in [0.05, 0.1) is 6.10 Å². The molecule has 8 atom stereocenters. The summed E-state index contributed by atoms with van der Waals surface area (Å²) in [5, 5.41) is 11.0. The monoisotopic (exact) mass is 348 g/mol. The molecular weight excluding hydrogens is 312 g/mol. The van der Waals surface area contributed by atoms with Crippen molar-refractivity contribution in [3.05, 3.63) is 12.7 Å². The van der Waals surface area contributed by atoms with Crippen LogP contribution in [-0.4, -0.2) is 23.3 Å². The topological polar surface area (TPSA) is 46.5 Å². The third-order valence-corrected chi connectivity index (χ3v) is 8.58. The molecule has 142 valence electrons.